The van der Waals surface area contributed by atoms with Crippen LogP contribution in [-0.4, -0.2) is 13.3 Å². The first-order valence-corrected chi connectivity index (χ1v) is 3.65. The standard InChI is InChI=1S/C9H15NO/c1-5-7-10-9(11-4)8(3)6-2/h5,7H,1,6H2,2-4H3/b9-8-,10-7-. The smallest absolute Gasteiger partial charge is 0.211 e. The van der Waals surface area contributed by atoms with Crippen LogP contribution in [0.3, 0.4) is 0 Å². The van der Waals surface area contributed by atoms with Gasteiger partial charge in [-0.05, 0) is 18.9 Å². The predicted octanol–water partition coefficient (Wildman–Crippen LogP) is 2.53. The molecule has 0 N–H and O–H groups in total. The fourth-order valence-electron chi connectivity index (χ4n) is 0.609. The van der Waals surface area contributed by atoms with Gasteiger partial charge in [0.05, 0.1) is 7.11 Å². The SMILES string of the molecule is C=C/C=N\C(OC)=C(/C)CC. The lowest BCUT2D eigenvalue weighted by Crippen LogP contribution is -1.87. The van der Waals surface area contributed by atoms with E-state index in [9.17, 15) is 0 Å². The Bertz CT molecular complexity index is 180. The average molecular weight is 153 g/mol. The van der Waals surface area contributed by atoms with E-state index in [0.29, 0.717) is 5.88 Å². The van der Waals surface area contributed by atoms with Gasteiger partial charge >= 0.3 is 0 Å². The molecule has 0 radical (unpaired) electrons. The summed E-state index contributed by atoms with van der Waals surface area (Å²) in [5.74, 6) is 0.687. The summed E-state index contributed by atoms with van der Waals surface area (Å²) in [6, 6.07) is 0. The summed E-state index contributed by atoms with van der Waals surface area (Å²) in [4.78, 5) is 4.05. The van der Waals surface area contributed by atoms with Gasteiger partial charge in [-0.2, -0.15) is 0 Å². The highest BCUT2D eigenvalue weighted by Gasteiger charge is 1.95. The molecule has 0 aromatic rings. The molecule has 62 valence electrons. The van der Waals surface area contributed by atoms with E-state index >= 15 is 0 Å². The van der Waals surface area contributed by atoms with E-state index in [-0.39, 0.29) is 0 Å². The fraction of sp³-hybridized carbons (Fsp3) is 0.444. The molecule has 0 aromatic heterocycles. The second-order valence-electron chi connectivity index (χ2n) is 2.16. The largest absolute Gasteiger partial charge is 0.481 e. The van der Waals surface area contributed by atoms with E-state index in [1.165, 1.54) is 0 Å². The molecule has 2 nitrogen and oxygen atoms in total. The van der Waals surface area contributed by atoms with Crippen LogP contribution in [0, 0.1) is 0 Å². The molecule has 2 heteroatoms. The predicted molar refractivity (Wildman–Crippen MR) is 48.7 cm³/mol. The monoisotopic (exact) mass is 153 g/mol. The first-order valence-electron chi connectivity index (χ1n) is 3.65. The van der Waals surface area contributed by atoms with Crippen LogP contribution in [0.1, 0.15) is 20.3 Å². The molecule has 0 saturated heterocycles. The van der Waals surface area contributed by atoms with Crippen molar-refractivity contribution in [1.29, 1.82) is 0 Å². The van der Waals surface area contributed by atoms with Crippen molar-refractivity contribution in [1.82, 2.24) is 0 Å². The molecular formula is C9H15NO. The molecule has 0 spiro atoms. The van der Waals surface area contributed by atoms with Crippen molar-refractivity contribution in [3.63, 3.8) is 0 Å². The number of hydrogen-bond donors (Lipinski definition) is 0. The maximum Gasteiger partial charge on any atom is 0.211 e. The maximum atomic E-state index is 5.04. The summed E-state index contributed by atoms with van der Waals surface area (Å²) in [5, 5.41) is 0. The number of ether oxygens (including phenoxy) is 1. The van der Waals surface area contributed by atoms with Crippen LogP contribution in [0.15, 0.2) is 29.1 Å². The van der Waals surface area contributed by atoms with E-state index in [1.807, 2.05) is 6.92 Å². The first kappa shape index (κ1) is 9.95. The van der Waals surface area contributed by atoms with E-state index in [0.717, 1.165) is 12.0 Å². The number of allylic oxidation sites excluding steroid dienone is 2. The van der Waals surface area contributed by atoms with Gasteiger partial charge in [0.2, 0.25) is 5.88 Å². The van der Waals surface area contributed by atoms with Gasteiger partial charge in [0.25, 0.3) is 0 Å². The quantitative estimate of drug-likeness (QED) is 0.449. The second kappa shape index (κ2) is 5.71. The summed E-state index contributed by atoms with van der Waals surface area (Å²) >= 11 is 0. The Labute approximate surface area is 68.3 Å². The van der Waals surface area contributed by atoms with E-state index < -0.39 is 0 Å². The van der Waals surface area contributed by atoms with E-state index in [4.69, 9.17) is 4.74 Å². The van der Waals surface area contributed by atoms with Crippen molar-refractivity contribution >= 4 is 6.21 Å². The minimum absolute atomic E-state index is 0.687. The summed E-state index contributed by atoms with van der Waals surface area (Å²) < 4.78 is 5.04. The lowest BCUT2D eigenvalue weighted by atomic mass is 10.2. The molecule has 0 aromatic carbocycles. The topological polar surface area (TPSA) is 21.6 Å². The van der Waals surface area contributed by atoms with Crippen molar-refractivity contribution in [3.8, 4) is 0 Å². The summed E-state index contributed by atoms with van der Waals surface area (Å²) in [5.41, 5.74) is 1.14. The van der Waals surface area contributed by atoms with Gasteiger partial charge in [-0.25, -0.2) is 4.99 Å². The van der Waals surface area contributed by atoms with E-state index in [1.54, 1.807) is 19.4 Å². The Morgan fingerprint density at radius 1 is 1.64 bits per heavy atom. The number of nitrogens with zero attached hydrogens (tertiary/aromatic N) is 1. The summed E-state index contributed by atoms with van der Waals surface area (Å²) in [6.45, 7) is 7.59. The zero-order chi connectivity index (χ0) is 8.69. The molecule has 0 unspecified atom stereocenters. The Morgan fingerprint density at radius 3 is 2.64 bits per heavy atom. The molecule has 0 saturated carbocycles. The molecule has 0 rings (SSSR count). The number of hydrogen-bond acceptors (Lipinski definition) is 2. The molecule has 0 fully saturated rings. The third kappa shape index (κ3) is 3.61. The normalized spacial score (nSPS) is 13.0. The lowest BCUT2D eigenvalue weighted by Gasteiger charge is -2.02. The Morgan fingerprint density at radius 2 is 2.27 bits per heavy atom. The highest BCUT2D eigenvalue weighted by atomic mass is 16.5. The molecule has 0 heterocycles. The Balaban J connectivity index is 4.37. The maximum absolute atomic E-state index is 5.04. The van der Waals surface area contributed by atoms with Gasteiger partial charge in [0, 0.05) is 6.21 Å². The van der Waals surface area contributed by atoms with Crippen LogP contribution in [0.2, 0.25) is 0 Å². The zero-order valence-electron chi connectivity index (χ0n) is 7.42. The van der Waals surface area contributed by atoms with Crippen LogP contribution in [-0.2, 0) is 4.74 Å². The van der Waals surface area contributed by atoms with Crippen LogP contribution >= 0.6 is 0 Å². The molecule has 0 aliphatic heterocycles. The van der Waals surface area contributed by atoms with Gasteiger partial charge < -0.3 is 4.74 Å². The molecule has 0 aliphatic rings. The molecule has 0 amide bonds. The Kier molecular flexibility index (Phi) is 5.17. The molecule has 0 atom stereocenters. The van der Waals surface area contributed by atoms with Crippen molar-refractivity contribution in [2.75, 3.05) is 7.11 Å². The zero-order valence-corrected chi connectivity index (χ0v) is 7.42. The van der Waals surface area contributed by atoms with Crippen molar-refractivity contribution < 1.29 is 4.74 Å². The van der Waals surface area contributed by atoms with Crippen LogP contribution in [0.4, 0.5) is 0 Å². The van der Waals surface area contributed by atoms with Gasteiger partial charge in [-0.1, -0.05) is 19.6 Å². The molecule has 0 bridgehead atoms. The number of methoxy groups -OCH3 is 1. The third-order valence-corrected chi connectivity index (χ3v) is 1.39. The lowest BCUT2D eigenvalue weighted by molar-refractivity contribution is 0.283. The van der Waals surface area contributed by atoms with Gasteiger partial charge in [0.15, 0.2) is 0 Å². The number of rotatable bonds is 4. The van der Waals surface area contributed by atoms with E-state index in [2.05, 4.69) is 18.5 Å². The average Bonchev–Trinajstić information content (AvgIpc) is 2.05. The summed E-state index contributed by atoms with van der Waals surface area (Å²) in [7, 11) is 1.62. The minimum Gasteiger partial charge on any atom is -0.481 e. The van der Waals surface area contributed by atoms with Crippen LogP contribution in [0.5, 0.6) is 0 Å². The third-order valence-electron chi connectivity index (χ3n) is 1.39. The van der Waals surface area contributed by atoms with Gasteiger partial charge in [0.1, 0.15) is 0 Å². The van der Waals surface area contributed by atoms with Crippen molar-refractivity contribution in [2.45, 2.75) is 20.3 Å². The minimum atomic E-state index is 0.687. The van der Waals surface area contributed by atoms with Crippen LogP contribution < -0.4 is 0 Å². The fourth-order valence-corrected chi connectivity index (χ4v) is 0.609. The molecular weight excluding hydrogens is 138 g/mol. The highest BCUT2D eigenvalue weighted by Crippen LogP contribution is 2.08. The van der Waals surface area contributed by atoms with Gasteiger partial charge in [-0.3, -0.25) is 0 Å². The van der Waals surface area contributed by atoms with Gasteiger partial charge in [-0.15, -0.1) is 0 Å². The van der Waals surface area contributed by atoms with Crippen molar-refractivity contribution in [2.24, 2.45) is 4.99 Å². The Hall–Kier alpha value is -1.05. The first-order chi connectivity index (χ1) is 5.26. The van der Waals surface area contributed by atoms with Crippen LogP contribution in [0.25, 0.3) is 0 Å². The van der Waals surface area contributed by atoms with Crippen molar-refractivity contribution in [3.05, 3.63) is 24.1 Å². The second-order valence-corrected chi connectivity index (χ2v) is 2.16. The molecule has 11 heavy (non-hydrogen) atoms. The molecule has 0 aliphatic carbocycles. The highest BCUT2D eigenvalue weighted by molar-refractivity contribution is 5.71. The summed E-state index contributed by atoms with van der Waals surface area (Å²) in [6.07, 6.45) is 4.21. The number of aliphatic imine (C=N–C) groups is 1.